The molecule has 0 radical (unpaired) electrons. The van der Waals surface area contributed by atoms with Gasteiger partial charge in [0.15, 0.2) is 0 Å². The number of aromatic nitrogens is 1. The molecule has 0 saturated heterocycles. The molecule has 1 aromatic heterocycles. The van der Waals surface area contributed by atoms with Crippen LogP contribution in [-0.4, -0.2) is 11.0 Å². The number of halogens is 1. The minimum absolute atomic E-state index is 0.470. The van der Waals surface area contributed by atoms with E-state index in [9.17, 15) is 0 Å². The third kappa shape index (κ3) is 2.69. The van der Waals surface area contributed by atoms with Gasteiger partial charge >= 0.3 is 0 Å². The molecule has 0 saturated carbocycles. The van der Waals surface area contributed by atoms with Gasteiger partial charge in [-0.3, -0.25) is 0 Å². The molecule has 1 aliphatic rings. The van der Waals surface area contributed by atoms with E-state index in [4.69, 9.17) is 21.0 Å². The number of benzene rings is 2. The maximum Gasteiger partial charge on any atom is 0.226 e. The standard InChI is InChI=1S/C20H19ClN2O/c1-13-11-16-5-3-4-6-19(16)23(13)12-18-14(2)24-20(22-18)15-7-9-17(21)10-8-15/h3-10,13H,11-12H2,1-2H3. The normalized spacial score (nSPS) is 16.5. The Labute approximate surface area is 146 Å². The average Bonchev–Trinajstić information content (AvgIpc) is 3.09. The number of fused-ring (bicyclic) bond motifs is 1. The Morgan fingerprint density at radius 2 is 1.92 bits per heavy atom. The first-order valence-electron chi connectivity index (χ1n) is 8.18. The molecule has 0 amide bonds. The molecule has 4 heteroatoms. The van der Waals surface area contributed by atoms with Gasteiger partial charge in [0.1, 0.15) is 11.5 Å². The maximum absolute atomic E-state index is 5.96. The van der Waals surface area contributed by atoms with Crippen molar-refractivity contribution in [3.63, 3.8) is 0 Å². The molecule has 0 N–H and O–H groups in total. The Hall–Kier alpha value is -2.26. The first-order chi connectivity index (χ1) is 11.6. The van der Waals surface area contributed by atoms with E-state index in [1.165, 1.54) is 11.3 Å². The van der Waals surface area contributed by atoms with Crippen molar-refractivity contribution < 1.29 is 4.42 Å². The van der Waals surface area contributed by atoms with Crippen LogP contribution in [0.3, 0.4) is 0 Å². The summed E-state index contributed by atoms with van der Waals surface area (Å²) in [6, 6.07) is 16.7. The summed E-state index contributed by atoms with van der Waals surface area (Å²) >= 11 is 5.96. The highest BCUT2D eigenvalue weighted by Crippen LogP contribution is 2.34. The Morgan fingerprint density at radius 1 is 1.17 bits per heavy atom. The lowest BCUT2D eigenvalue weighted by Gasteiger charge is -2.23. The minimum atomic E-state index is 0.470. The molecule has 0 spiro atoms. The summed E-state index contributed by atoms with van der Waals surface area (Å²) in [7, 11) is 0. The van der Waals surface area contributed by atoms with Crippen molar-refractivity contribution >= 4 is 17.3 Å². The highest BCUT2D eigenvalue weighted by molar-refractivity contribution is 6.30. The van der Waals surface area contributed by atoms with Crippen LogP contribution < -0.4 is 4.90 Å². The molecule has 1 aliphatic heterocycles. The van der Waals surface area contributed by atoms with Crippen molar-refractivity contribution in [2.45, 2.75) is 32.9 Å². The van der Waals surface area contributed by atoms with Crippen molar-refractivity contribution in [1.29, 1.82) is 0 Å². The van der Waals surface area contributed by atoms with Gasteiger partial charge in [-0.05, 0) is 56.2 Å². The fraction of sp³-hybridized carbons (Fsp3) is 0.250. The molecule has 3 aromatic rings. The molecule has 24 heavy (non-hydrogen) atoms. The summed E-state index contributed by atoms with van der Waals surface area (Å²) in [5.74, 6) is 1.52. The zero-order valence-electron chi connectivity index (χ0n) is 13.8. The summed E-state index contributed by atoms with van der Waals surface area (Å²) in [4.78, 5) is 7.14. The minimum Gasteiger partial charge on any atom is -0.441 e. The van der Waals surface area contributed by atoms with E-state index in [1.807, 2.05) is 31.2 Å². The molecule has 2 heterocycles. The first-order valence-corrected chi connectivity index (χ1v) is 8.56. The summed E-state index contributed by atoms with van der Waals surface area (Å²) in [5, 5.41) is 0.713. The number of para-hydroxylation sites is 1. The number of hydrogen-bond acceptors (Lipinski definition) is 3. The molecule has 3 nitrogen and oxygen atoms in total. The molecule has 4 rings (SSSR count). The highest BCUT2D eigenvalue weighted by atomic mass is 35.5. The summed E-state index contributed by atoms with van der Waals surface area (Å²) in [6.07, 6.45) is 1.08. The number of hydrogen-bond donors (Lipinski definition) is 0. The molecular weight excluding hydrogens is 320 g/mol. The Kier molecular flexibility index (Phi) is 3.81. The molecule has 0 aliphatic carbocycles. The quantitative estimate of drug-likeness (QED) is 0.652. The SMILES string of the molecule is Cc1oc(-c2ccc(Cl)cc2)nc1CN1c2ccccc2CC1C. The summed E-state index contributed by atoms with van der Waals surface area (Å²) in [5.41, 5.74) is 4.65. The van der Waals surface area contributed by atoms with Crippen LogP contribution >= 0.6 is 11.6 Å². The zero-order valence-corrected chi connectivity index (χ0v) is 14.5. The van der Waals surface area contributed by atoms with Crippen LogP contribution in [0, 0.1) is 6.92 Å². The van der Waals surface area contributed by atoms with Crippen LogP contribution in [0.1, 0.15) is 23.9 Å². The molecule has 122 valence electrons. The first kappa shape index (κ1) is 15.3. The van der Waals surface area contributed by atoms with Crippen LogP contribution in [0.4, 0.5) is 5.69 Å². The molecule has 0 fully saturated rings. The monoisotopic (exact) mass is 338 g/mol. The van der Waals surface area contributed by atoms with Crippen LogP contribution in [0.5, 0.6) is 0 Å². The fourth-order valence-corrected chi connectivity index (χ4v) is 3.45. The Bertz CT molecular complexity index is 870. The van der Waals surface area contributed by atoms with Gasteiger partial charge in [-0.2, -0.15) is 0 Å². The third-order valence-corrected chi connectivity index (χ3v) is 4.90. The van der Waals surface area contributed by atoms with Crippen molar-refractivity contribution in [2.24, 2.45) is 0 Å². The lowest BCUT2D eigenvalue weighted by Crippen LogP contribution is -2.29. The number of oxazole rings is 1. The highest BCUT2D eigenvalue weighted by Gasteiger charge is 2.27. The Balaban J connectivity index is 1.63. The lowest BCUT2D eigenvalue weighted by atomic mass is 10.1. The van der Waals surface area contributed by atoms with Gasteiger partial charge in [0.2, 0.25) is 5.89 Å². The van der Waals surface area contributed by atoms with Gasteiger partial charge in [-0.25, -0.2) is 4.98 Å². The van der Waals surface area contributed by atoms with E-state index >= 15 is 0 Å². The number of anilines is 1. The molecular formula is C20H19ClN2O. The number of rotatable bonds is 3. The van der Waals surface area contributed by atoms with Crippen molar-refractivity contribution in [3.05, 3.63) is 70.6 Å². The smallest absolute Gasteiger partial charge is 0.226 e. The van der Waals surface area contributed by atoms with Crippen molar-refractivity contribution in [3.8, 4) is 11.5 Å². The zero-order chi connectivity index (χ0) is 16.7. The van der Waals surface area contributed by atoms with E-state index in [0.29, 0.717) is 17.0 Å². The average molecular weight is 339 g/mol. The molecule has 1 unspecified atom stereocenters. The van der Waals surface area contributed by atoms with E-state index < -0.39 is 0 Å². The van der Waals surface area contributed by atoms with Gasteiger partial charge in [0, 0.05) is 22.3 Å². The van der Waals surface area contributed by atoms with Gasteiger partial charge in [-0.15, -0.1) is 0 Å². The van der Waals surface area contributed by atoms with Gasteiger partial charge in [-0.1, -0.05) is 29.8 Å². The second-order valence-corrected chi connectivity index (χ2v) is 6.77. The topological polar surface area (TPSA) is 29.3 Å². The van der Waals surface area contributed by atoms with Crippen LogP contribution in [-0.2, 0) is 13.0 Å². The number of aryl methyl sites for hydroxylation is 1. The van der Waals surface area contributed by atoms with E-state index in [1.54, 1.807) is 0 Å². The second-order valence-electron chi connectivity index (χ2n) is 6.34. The Morgan fingerprint density at radius 3 is 2.71 bits per heavy atom. The van der Waals surface area contributed by atoms with Gasteiger partial charge in [0.05, 0.1) is 6.54 Å². The van der Waals surface area contributed by atoms with E-state index in [2.05, 4.69) is 36.1 Å². The van der Waals surface area contributed by atoms with Crippen molar-refractivity contribution in [1.82, 2.24) is 4.98 Å². The largest absolute Gasteiger partial charge is 0.441 e. The van der Waals surface area contributed by atoms with Crippen LogP contribution in [0.2, 0.25) is 5.02 Å². The predicted octanol–water partition coefficient (Wildman–Crippen LogP) is 5.25. The predicted molar refractivity (Wildman–Crippen MR) is 97.5 cm³/mol. The second kappa shape index (κ2) is 5.99. The summed E-state index contributed by atoms with van der Waals surface area (Å²) < 4.78 is 5.89. The fourth-order valence-electron chi connectivity index (χ4n) is 3.32. The van der Waals surface area contributed by atoms with Crippen LogP contribution in [0.25, 0.3) is 11.5 Å². The lowest BCUT2D eigenvalue weighted by molar-refractivity contribution is 0.537. The van der Waals surface area contributed by atoms with Crippen molar-refractivity contribution in [2.75, 3.05) is 4.90 Å². The number of nitrogens with zero attached hydrogens (tertiary/aromatic N) is 2. The van der Waals surface area contributed by atoms with Gasteiger partial charge in [0.25, 0.3) is 0 Å². The van der Waals surface area contributed by atoms with E-state index in [0.717, 1.165) is 30.0 Å². The molecule has 0 bridgehead atoms. The molecule has 1 atom stereocenters. The third-order valence-electron chi connectivity index (χ3n) is 4.65. The van der Waals surface area contributed by atoms with Gasteiger partial charge < -0.3 is 9.32 Å². The van der Waals surface area contributed by atoms with Crippen LogP contribution in [0.15, 0.2) is 52.9 Å². The maximum atomic E-state index is 5.96. The summed E-state index contributed by atoms with van der Waals surface area (Å²) in [6.45, 7) is 5.00. The molecule has 2 aromatic carbocycles. The van der Waals surface area contributed by atoms with E-state index in [-0.39, 0.29) is 0 Å².